The van der Waals surface area contributed by atoms with Gasteiger partial charge in [-0.3, -0.25) is 19.4 Å². The zero-order valence-electron chi connectivity index (χ0n) is 17.9. The molecule has 0 aliphatic carbocycles. The average Bonchev–Trinajstić information content (AvgIpc) is 3.04. The third-order valence-electron chi connectivity index (χ3n) is 5.93. The molecular weight excluding hydrogens is 382 g/mol. The number of carbonyl (C=O) groups excluding carboxylic acids is 1. The highest BCUT2D eigenvalue weighted by molar-refractivity contribution is 7.71. The first kappa shape index (κ1) is 21.7. The Morgan fingerprint density at radius 2 is 1.93 bits per heavy atom. The quantitative estimate of drug-likeness (QED) is 0.675. The molecule has 1 aromatic heterocycles. The van der Waals surface area contributed by atoms with Crippen LogP contribution in [0.25, 0.3) is 11.4 Å². The second-order valence-corrected chi connectivity index (χ2v) is 9.03. The summed E-state index contributed by atoms with van der Waals surface area (Å²) in [6.45, 7) is 11.9. The first-order valence-corrected chi connectivity index (χ1v) is 11.0. The Hall–Kier alpha value is -1.99. The van der Waals surface area contributed by atoms with Crippen molar-refractivity contribution < 1.29 is 4.79 Å². The van der Waals surface area contributed by atoms with E-state index in [0.29, 0.717) is 29.1 Å². The van der Waals surface area contributed by atoms with Crippen LogP contribution in [0.1, 0.15) is 39.2 Å². The van der Waals surface area contributed by atoms with Crippen molar-refractivity contribution in [2.45, 2.75) is 53.1 Å². The fourth-order valence-electron chi connectivity index (χ4n) is 3.95. The van der Waals surface area contributed by atoms with Crippen LogP contribution in [0, 0.1) is 23.5 Å². The van der Waals surface area contributed by atoms with E-state index in [-0.39, 0.29) is 12.5 Å². The Morgan fingerprint density at radius 3 is 2.55 bits per heavy atom. The van der Waals surface area contributed by atoms with Crippen LogP contribution < -0.4 is 5.32 Å². The number of likely N-dealkylation sites (tertiary alicyclic amines) is 1. The molecule has 1 amide bonds. The number of H-pyrrole nitrogens is 1. The lowest BCUT2D eigenvalue weighted by Gasteiger charge is -2.38. The van der Waals surface area contributed by atoms with E-state index in [0.717, 1.165) is 24.6 Å². The number of amides is 1. The molecule has 29 heavy (non-hydrogen) atoms. The predicted molar refractivity (Wildman–Crippen MR) is 119 cm³/mol. The SMILES string of the molecule is Cc1ccc(-c2n[nH]c(=S)n2CC(=O)NCC(C(C)C)N2CCC(C)CC2)cc1. The number of carbonyl (C=O) groups is 1. The van der Waals surface area contributed by atoms with Gasteiger partial charge in [0.1, 0.15) is 6.54 Å². The lowest BCUT2D eigenvalue weighted by Crippen LogP contribution is -2.50. The maximum atomic E-state index is 12.7. The number of nitrogens with zero attached hydrogens (tertiary/aromatic N) is 3. The molecule has 0 radical (unpaired) electrons. The predicted octanol–water partition coefficient (Wildman–Crippen LogP) is 3.79. The molecule has 6 nitrogen and oxygen atoms in total. The highest BCUT2D eigenvalue weighted by Gasteiger charge is 2.26. The van der Waals surface area contributed by atoms with Crippen LogP contribution in [0.5, 0.6) is 0 Å². The van der Waals surface area contributed by atoms with E-state index < -0.39 is 0 Å². The van der Waals surface area contributed by atoms with Gasteiger partial charge in [0.05, 0.1) is 0 Å². The summed E-state index contributed by atoms with van der Waals surface area (Å²) in [7, 11) is 0. The summed E-state index contributed by atoms with van der Waals surface area (Å²) in [6, 6.07) is 8.43. The maximum absolute atomic E-state index is 12.7. The summed E-state index contributed by atoms with van der Waals surface area (Å²) in [5.74, 6) is 1.95. The van der Waals surface area contributed by atoms with Crippen LogP contribution in [-0.4, -0.2) is 51.2 Å². The van der Waals surface area contributed by atoms with Crippen molar-refractivity contribution in [2.75, 3.05) is 19.6 Å². The molecule has 2 N–H and O–H groups in total. The summed E-state index contributed by atoms with van der Waals surface area (Å²) < 4.78 is 2.23. The van der Waals surface area contributed by atoms with E-state index in [1.54, 1.807) is 4.57 Å². The first-order chi connectivity index (χ1) is 13.8. The van der Waals surface area contributed by atoms with Gasteiger partial charge in [-0.25, -0.2) is 0 Å². The van der Waals surface area contributed by atoms with Gasteiger partial charge in [0.15, 0.2) is 10.6 Å². The number of hydrogen-bond acceptors (Lipinski definition) is 4. The third-order valence-corrected chi connectivity index (χ3v) is 6.25. The normalized spacial score (nSPS) is 16.9. The van der Waals surface area contributed by atoms with Crippen LogP contribution in [-0.2, 0) is 11.3 Å². The molecule has 1 aliphatic heterocycles. The zero-order valence-corrected chi connectivity index (χ0v) is 18.8. The molecule has 2 aromatic rings. The van der Waals surface area contributed by atoms with Crippen molar-refractivity contribution in [3.63, 3.8) is 0 Å². The standard InChI is InChI=1S/C22H33N5OS/c1-15(2)19(26-11-9-17(4)10-12-26)13-23-20(28)14-27-21(24-25-22(27)29)18-7-5-16(3)6-8-18/h5-8,15,17,19H,9-14H2,1-4H3,(H,23,28)(H,25,29). The molecule has 0 spiro atoms. The van der Waals surface area contributed by atoms with Crippen molar-refractivity contribution in [1.29, 1.82) is 0 Å². The Labute approximate surface area is 178 Å². The van der Waals surface area contributed by atoms with E-state index in [2.05, 4.69) is 41.2 Å². The molecule has 1 unspecified atom stereocenters. The van der Waals surface area contributed by atoms with Crippen molar-refractivity contribution in [3.8, 4) is 11.4 Å². The summed E-state index contributed by atoms with van der Waals surface area (Å²) >= 11 is 5.36. The van der Waals surface area contributed by atoms with E-state index >= 15 is 0 Å². The Morgan fingerprint density at radius 1 is 1.28 bits per heavy atom. The van der Waals surface area contributed by atoms with E-state index in [9.17, 15) is 4.79 Å². The Bertz CT molecular complexity index is 862. The number of piperidine rings is 1. The number of hydrogen-bond donors (Lipinski definition) is 2. The molecular formula is C22H33N5OS. The number of rotatable bonds is 7. The monoisotopic (exact) mass is 415 g/mol. The topological polar surface area (TPSA) is 66.0 Å². The number of aromatic nitrogens is 3. The van der Waals surface area contributed by atoms with Crippen molar-refractivity contribution in [1.82, 2.24) is 25.0 Å². The van der Waals surface area contributed by atoms with Gasteiger partial charge < -0.3 is 5.32 Å². The van der Waals surface area contributed by atoms with E-state index in [1.165, 1.54) is 18.4 Å². The summed E-state index contributed by atoms with van der Waals surface area (Å²) in [5.41, 5.74) is 2.12. The summed E-state index contributed by atoms with van der Waals surface area (Å²) in [4.78, 5) is 15.3. The second-order valence-electron chi connectivity index (χ2n) is 8.64. The Kier molecular flexibility index (Phi) is 7.24. The highest BCUT2D eigenvalue weighted by atomic mass is 32.1. The zero-order chi connectivity index (χ0) is 21.0. The van der Waals surface area contributed by atoms with Gasteiger partial charge in [-0.1, -0.05) is 50.6 Å². The fourth-order valence-corrected chi connectivity index (χ4v) is 4.15. The second kappa shape index (κ2) is 9.67. The molecule has 0 bridgehead atoms. The van der Waals surface area contributed by atoms with Crippen LogP contribution in [0.4, 0.5) is 0 Å². The third kappa shape index (κ3) is 5.54. The van der Waals surface area contributed by atoms with E-state index in [4.69, 9.17) is 12.2 Å². The molecule has 1 atom stereocenters. The number of aryl methyl sites for hydroxylation is 1. The van der Waals surface area contributed by atoms with Crippen molar-refractivity contribution in [2.24, 2.45) is 11.8 Å². The minimum absolute atomic E-state index is 0.0353. The summed E-state index contributed by atoms with van der Waals surface area (Å²) in [5, 5.41) is 10.3. The van der Waals surface area contributed by atoms with Gasteiger partial charge in [-0.05, 0) is 56.9 Å². The molecule has 3 rings (SSSR count). The van der Waals surface area contributed by atoms with Gasteiger partial charge in [0.25, 0.3) is 0 Å². The highest BCUT2D eigenvalue weighted by Crippen LogP contribution is 2.21. The van der Waals surface area contributed by atoms with Gasteiger partial charge in [-0.2, -0.15) is 5.10 Å². The molecule has 7 heteroatoms. The first-order valence-electron chi connectivity index (χ1n) is 10.6. The van der Waals surface area contributed by atoms with Gasteiger partial charge in [0, 0.05) is 18.2 Å². The Balaban J connectivity index is 1.64. The van der Waals surface area contributed by atoms with Gasteiger partial charge >= 0.3 is 0 Å². The van der Waals surface area contributed by atoms with Crippen molar-refractivity contribution in [3.05, 3.63) is 34.6 Å². The minimum atomic E-state index is -0.0353. The molecule has 158 valence electrons. The number of aromatic amines is 1. The smallest absolute Gasteiger partial charge is 0.240 e. The lowest BCUT2D eigenvalue weighted by molar-refractivity contribution is -0.122. The van der Waals surface area contributed by atoms with Crippen LogP contribution in [0.3, 0.4) is 0 Å². The van der Waals surface area contributed by atoms with Gasteiger partial charge in [0.2, 0.25) is 5.91 Å². The molecule has 1 fully saturated rings. The lowest BCUT2D eigenvalue weighted by atomic mass is 9.94. The average molecular weight is 416 g/mol. The van der Waals surface area contributed by atoms with E-state index in [1.807, 2.05) is 31.2 Å². The maximum Gasteiger partial charge on any atom is 0.240 e. The molecule has 1 saturated heterocycles. The van der Waals surface area contributed by atoms with Gasteiger partial charge in [-0.15, -0.1) is 0 Å². The van der Waals surface area contributed by atoms with Crippen LogP contribution in [0.2, 0.25) is 0 Å². The number of nitrogens with one attached hydrogen (secondary N) is 2. The molecule has 1 aromatic carbocycles. The largest absolute Gasteiger partial charge is 0.353 e. The van der Waals surface area contributed by atoms with Crippen LogP contribution >= 0.6 is 12.2 Å². The summed E-state index contributed by atoms with van der Waals surface area (Å²) in [6.07, 6.45) is 2.47. The van der Waals surface area contributed by atoms with Crippen LogP contribution in [0.15, 0.2) is 24.3 Å². The number of benzene rings is 1. The minimum Gasteiger partial charge on any atom is -0.353 e. The fraction of sp³-hybridized carbons (Fsp3) is 0.591. The molecule has 2 heterocycles. The molecule has 0 saturated carbocycles. The molecule has 1 aliphatic rings. The van der Waals surface area contributed by atoms with Crippen molar-refractivity contribution >= 4 is 18.1 Å².